The number of benzene rings is 1. The van der Waals surface area contributed by atoms with Crippen molar-refractivity contribution in [1.82, 2.24) is 9.97 Å². The molecule has 5 nitrogen and oxygen atoms in total. The summed E-state index contributed by atoms with van der Waals surface area (Å²) >= 11 is 6.06. The summed E-state index contributed by atoms with van der Waals surface area (Å²) in [6.45, 7) is 3.79. The van der Waals surface area contributed by atoms with E-state index in [4.69, 9.17) is 11.6 Å². The molecule has 21 heavy (non-hydrogen) atoms. The summed E-state index contributed by atoms with van der Waals surface area (Å²) in [5, 5.41) is 3.83. The Morgan fingerprint density at radius 2 is 1.81 bits per heavy atom. The third-order valence-corrected chi connectivity index (χ3v) is 3.92. The van der Waals surface area contributed by atoms with Gasteiger partial charge in [0, 0.05) is 50.0 Å². The maximum absolute atomic E-state index is 6.06. The average Bonchev–Trinajstić information content (AvgIpc) is 2.55. The predicted molar refractivity (Wildman–Crippen MR) is 87.5 cm³/mol. The summed E-state index contributed by atoms with van der Waals surface area (Å²) < 4.78 is 0. The lowest BCUT2D eigenvalue weighted by Gasteiger charge is -2.36. The van der Waals surface area contributed by atoms with E-state index in [0.717, 1.165) is 42.8 Å². The van der Waals surface area contributed by atoms with Crippen LogP contribution in [0.25, 0.3) is 0 Å². The van der Waals surface area contributed by atoms with Crippen molar-refractivity contribution in [3.63, 3.8) is 0 Å². The first-order chi connectivity index (χ1) is 10.3. The van der Waals surface area contributed by atoms with Crippen LogP contribution in [-0.4, -0.2) is 43.2 Å². The van der Waals surface area contributed by atoms with E-state index < -0.39 is 0 Å². The third kappa shape index (κ3) is 3.19. The molecule has 0 atom stereocenters. The van der Waals surface area contributed by atoms with Crippen LogP contribution in [0.2, 0.25) is 5.02 Å². The van der Waals surface area contributed by atoms with Gasteiger partial charge >= 0.3 is 0 Å². The van der Waals surface area contributed by atoms with E-state index in [0.29, 0.717) is 0 Å². The van der Waals surface area contributed by atoms with Crippen LogP contribution in [0.4, 0.5) is 17.3 Å². The Kier molecular flexibility index (Phi) is 4.10. The number of halogens is 1. The fourth-order valence-electron chi connectivity index (χ4n) is 2.52. The monoisotopic (exact) mass is 303 g/mol. The molecule has 0 spiro atoms. The molecule has 2 aromatic rings. The van der Waals surface area contributed by atoms with Gasteiger partial charge in [0.15, 0.2) is 0 Å². The maximum atomic E-state index is 6.06. The Balaban J connectivity index is 1.67. The Morgan fingerprint density at radius 3 is 2.52 bits per heavy atom. The van der Waals surface area contributed by atoms with Gasteiger partial charge in [0.1, 0.15) is 18.0 Å². The van der Waals surface area contributed by atoms with Crippen LogP contribution in [0.5, 0.6) is 0 Å². The summed E-state index contributed by atoms with van der Waals surface area (Å²) in [6, 6.07) is 10.00. The highest BCUT2D eigenvalue weighted by Crippen LogP contribution is 2.22. The molecule has 6 heteroatoms. The zero-order valence-corrected chi connectivity index (χ0v) is 12.7. The quantitative estimate of drug-likeness (QED) is 0.944. The van der Waals surface area contributed by atoms with Crippen LogP contribution in [-0.2, 0) is 0 Å². The molecule has 1 aliphatic heterocycles. The predicted octanol–water partition coefficient (Wildman–Crippen LogP) is 2.50. The maximum Gasteiger partial charge on any atom is 0.134 e. The van der Waals surface area contributed by atoms with Gasteiger partial charge in [-0.15, -0.1) is 0 Å². The molecule has 0 radical (unpaired) electrons. The van der Waals surface area contributed by atoms with Gasteiger partial charge in [-0.05, 0) is 18.2 Å². The summed E-state index contributed by atoms with van der Waals surface area (Å²) in [6.07, 6.45) is 1.60. The van der Waals surface area contributed by atoms with Crippen LogP contribution in [0.15, 0.2) is 36.7 Å². The minimum Gasteiger partial charge on any atom is -0.373 e. The number of anilines is 3. The summed E-state index contributed by atoms with van der Waals surface area (Å²) in [5.41, 5.74) is 1.18. The molecule has 1 aromatic carbocycles. The lowest BCUT2D eigenvalue weighted by molar-refractivity contribution is 0.647. The Labute approximate surface area is 129 Å². The minimum atomic E-state index is 0.782. The van der Waals surface area contributed by atoms with Gasteiger partial charge < -0.3 is 15.1 Å². The number of hydrogen-bond acceptors (Lipinski definition) is 5. The first kappa shape index (κ1) is 13.9. The van der Waals surface area contributed by atoms with Crippen molar-refractivity contribution in [1.29, 1.82) is 0 Å². The van der Waals surface area contributed by atoms with Gasteiger partial charge in [-0.3, -0.25) is 0 Å². The van der Waals surface area contributed by atoms with Crippen LogP contribution in [0.3, 0.4) is 0 Å². The molecule has 0 aliphatic carbocycles. The van der Waals surface area contributed by atoms with E-state index in [9.17, 15) is 0 Å². The largest absolute Gasteiger partial charge is 0.373 e. The molecule has 110 valence electrons. The molecule has 0 unspecified atom stereocenters. The van der Waals surface area contributed by atoms with Gasteiger partial charge in [-0.1, -0.05) is 17.7 Å². The number of nitrogens with zero attached hydrogens (tertiary/aromatic N) is 4. The van der Waals surface area contributed by atoms with Crippen molar-refractivity contribution in [3.05, 3.63) is 41.7 Å². The molecular formula is C15H18ClN5. The number of nitrogens with one attached hydrogen (secondary N) is 1. The minimum absolute atomic E-state index is 0.782. The van der Waals surface area contributed by atoms with E-state index in [1.807, 2.05) is 31.3 Å². The van der Waals surface area contributed by atoms with E-state index in [1.165, 1.54) is 5.69 Å². The SMILES string of the molecule is CNc1cc(N2CCN(c3cccc(Cl)c3)CC2)ncn1. The van der Waals surface area contributed by atoms with Crippen LogP contribution in [0.1, 0.15) is 0 Å². The highest BCUT2D eigenvalue weighted by molar-refractivity contribution is 6.30. The van der Waals surface area contributed by atoms with Crippen molar-refractivity contribution in [2.45, 2.75) is 0 Å². The Bertz CT molecular complexity index is 611. The zero-order valence-electron chi connectivity index (χ0n) is 12.0. The number of piperazine rings is 1. The topological polar surface area (TPSA) is 44.3 Å². The van der Waals surface area contributed by atoms with Gasteiger partial charge in [0.25, 0.3) is 0 Å². The lowest BCUT2D eigenvalue weighted by Crippen LogP contribution is -2.46. The Morgan fingerprint density at radius 1 is 1.05 bits per heavy atom. The number of aromatic nitrogens is 2. The van der Waals surface area contributed by atoms with Crippen molar-refractivity contribution >= 4 is 28.9 Å². The van der Waals surface area contributed by atoms with Crippen LogP contribution >= 0.6 is 11.6 Å². The molecule has 2 heterocycles. The van der Waals surface area contributed by atoms with E-state index in [1.54, 1.807) is 6.33 Å². The highest BCUT2D eigenvalue weighted by Gasteiger charge is 2.18. The average molecular weight is 304 g/mol. The van der Waals surface area contributed by atoms with E-state index in [-0.39, 0.29) is 0 Å². The van der Waals surface area contributed by atoms with Crippen molar-refractivity contribution in [2.24, 2.45) is 0 Å². The molecular weight excluding hydrogens is 286 g/mol. The molecule has 0 bridgehead atoms. The zero-order chi connectivity index (χ0) is 14.7. The van der Waals surface area contributed by atoms with Crippen molar-refractivity contribution in [2.75, 3.05) is 48.3 Å². The molecule has 1 aromatic heterocycles. The van der Waals surface area contributed by atoms with Gasteiger partial charge in [-0.25, -0.2) is 9.97 Å². The lowest BCUT2D eigenvalue weighted by atomic mass is 10.2. The second-order valence-corrected chi connectivity index (χ2v) is 5.40. The second-order valence-electron chi connectivity index (χ2n) is 4.97. The fraction of sp³-hybridized carbons (Fsp3) is 0.333. The second kappa shape index (κ2) is 6.18. The molecule has 0 saturated carbocycles. The molecule has 1 aliphatic rings. The van der Waals surface area contributed by atoms with Gasteiger partial charge in [-0.2, -0.15) is 0 Å². The molecule has 3 rings (SSSR count). The van der Waals surface area contributed by atoms with Gasteiger partial charge in [0.2, 0.25) is 0 Å². The first-order valence-corrected chi connectivity index (χ1v) is 7.39. The summed E-state index contributed by atoms with van der Waals surface area (Å²) in [4.78, 5) is 13.1. The first-order valence-electron chi connectivity index (χ1n) is 7.01. The Hall–Kier alpha value is -2.01. The molecule has 1 N–H and O–H groups in total. The van der Waals surface area contributed by atoms with Crippen LogP contribution < -0.4 is 15.1 Å². The van der Waals surface area contributed by atoms with E-state index in [2.05, 4.69) is 31.2 Å². The number of rotatable bonds is 3. The normalized spacial score (nSPS) is 15.1. The molecule has 1 fully saturated rings. The smallest absolute Gasteiger partial charge is 0.134 e. The molecule has 1 saturated heterocycles. The number of hydrogen-bond donors (Lipinski definition) is 1. The third-order valence-electron chi connectivity index (χ3n) is 3.69. The standard InChI is InChI=1S/C15H18ClN5/c1-17-14-10-15(19-11-18-14)21-7-5-20(6-8-21)13-4-2-3-12(16)9-13/h2-4,9-11H,5-8H2,1H3,(H,17,18,19). The summed E-state index contributed by atoms with van der Waals surface area (Å²) in [7, 11) is 1.86. The fourth-order valence-corrected chi connectivity index (χ4v) is 2.71. The highest BCUT2D eigenvalue weighted by atomic mass is 35.5. The van der Waals surface area contributed by atoms with Crippen LogP contribution in [0, 0.1) is 0 Å². The van der Waals surface area contributed by atoms with E-state index >= 15 is 0 Å². The summed E-state index contributed by atoms with van der Waals surface area (Å²) in [5.74, 6) is 1.82. The molecule has 0 amide bonds. The van der Waals surface area contributed by atoms with Gasteiger partial charge in [0.05, 0.1) is 0 Å². The van der Waals surface area contributed by atoms with Crippen molar-refractivity contribution in [3.8, 4) is 0 Å². The van der Waals surface area contributed by atoms with Crippen molar-refractivity contribution < 1.29 is 0 Å².